The molecule has 3 N–H and O–H groups in total. The Morgan fingerprint density at radius 3 is 2.64 bits per heavy atom. The number of imide groups is 1. The van der Waals surface area contributed by atoms with Gasteiger partial charge in [-0.05, 0) is 43.2 Å². The molecule has 2 atom stereocenters. The number of methoxy groups -OCH3 is 1. The summed E-state index contributed by atoms with van der Waals surface area (Å²) in [5.41, 5.74) is 3.54. The number of anilines is 1. The quantitative estimate of drug-likeness (QED) is 0.378. The average Bonchev–Trinajstić information content (AvgIpc) is 3.32. The molecule has 0 bridgehead atoms. The van der Waals surface area contributed by atoms with Crippen LogP contribution in [0, 0.1) is 11.3 Å². The van der Waals surface area contributed by atoms with Gasteiger partial charge >= 0.3 is 6.03 Å². The molecule has 4 heterocycles. The number of piperidine rings is 1. The van der Waals surface area contributed by atoms with Gasteiger partial charge in [0.05, 0.1) is 36.5 Å². The minimum absolute atomic E-state index is 0.102. The number of hydrogen-bond acceptors (Lipinski definition) is 8. The van der Waals surface area contributed by atoms with Crippen LogP contribution in [0.25, 0.3) is 11.1 Å². The first-order valence-corrected chi connectivity index (χ1v) is 13.5. The molecule has 3 aromatic rings. The van der Waals surface area contributed by atoms with Crippen LogP contribution in [0.15, 0.2) is 48.8 Å². The number of fused-ring (bicyclic) bond motifs is 1. The van der Waals surface area contributed by atoms with Gasteiger partial charge in [-0.15, -0.1) is 0 Å². The summed E-state index contributed by atoms with van der Waals surface area (Å²) < 4.78 is 5.57. The van der Waals surface area contributed by atoms with Crippen LogP contribution >= 0.6 is 0 Å². The van der Waals surface area contributed by atoms with Gasteiger partial charge in [0.2, 0.25) is 11.8 Å². The lowest BCUT2D eigenvalue weighted by Gasteiger charge is -2.29. The third-order valence-corrected chi connectivity index (χ3v) is 6.86. The molecule has 5 amide bonds. The molecule has 0 radical (unpaired) electrons. The average molecular weight is 570 g/mol. The van der Waals surface area contributed by atoms with Crippen molar-refractivity contribution in [3.63, 3.8) is 0 Å². The van der Waals surface area contributed by atoms with E-state index in [0.717, 1.165) is 16.7 Å². The van der Waals surface area contributed by atoms with Crippen molar-refractivity contribution in [1.82, 2.24) is 25.5 Å². The number of aromatic nitrogens is 2. The van der Waals surface area contributed by atoms with E-state index in [1.165, 1.54) is 24.3 Å². The summed E-state index contributed by atoms with van der Waals surface area (Å²) in [6.07, 6.45) is 3.56. The number of rotatable bonds is 6. The van der Waals surface area contributed by atoms with Crippen LogP contribution in [0.4, 0.5) is 10.6 Å². The van der Waals surface area contributed by atoms with E-state index in [4.69, 9.17) is 10.00 Å². The maximum absolute atomic E-state index is 12.9. The molecule has 0 aliphatic carbocycles. The second kappa shape index (κ2) is 12.9. The molecule has 12 nitrogen and oxygen atoms in total. The number of carbonyl (C=O) groups is 4. The molecule has 2 aromatic heterocycles. The molecule has 1 aromatic carbocycles. The molecule has 0 saturated carbocycles. The first-order valence-electron chi connectivity index (χ1n) is 13.5. The summed E-state index contributed by atoms with van der Waals surface area (Å²) in [5.74, 6) is -0.400. The summed E-state index contributed by atoms with van der Waals surface area (Å²) >= 11 is 0. The number of ether oxygens (including phenoxy) is 1. The second-order valence-electron chi connectivity index (χ2n) is 9.44. The second-order valence-corrected chi connectivity index (χ2v) is 9.44. The summed E-state index contributed by atoms with van der Waals surface area (Å²) in [4.78, 5) is 59.3. The molecule has 216 valence electrons. The van der Waals surface area contributed by atoms with Crippen LogP contribution in [0.3, 0.4) is 0 Å². The molecule has 0 spiro atoms. The van der Waals surface area contributed by atoms with E-state index in [0.29, 0.717) is 22.6 Å². The lowest BCUT2D eigenvalue weighted by Crippen LogP contribution is -2.52. The Morgan fingerprint density at radius 2 is 1.93 bits per heavy atom. The minimum atomic E-state index is -0.743. The third kappa shape index (κ3) is 6.20. The van der Waals surface area contributed by atoms with Crippen LogP contribution in [0.1, 0.15) is 66.8 Å². The number of hydrogen-bond donors (Lipinski definition) is 3. The van der Waals surface area contributed by atoms with Crippen LogP contribution in [0.5, 0.6) is 5.75 Å². The van der Waals surface area contributed by atoms with Crippen molar-refractivity contribution in [3.8, 4) is 22.9 Å². The van der Waals surface area contributed by atoms with Crippen molar-refractivity contribution in [2.75, 3.05) is 12.4 Å². The van der Waals surface area contributed by atoms with E-state index < -0.39 is 24.0 Å². The van der Waals surface area contributed by atoms with Gasteiger partial charge in [0.1, 0.15) is 23.7 Å². The van der Waals surface area contributed by atoms with Crippen molar-refractivity contribution in [3.05, 3.63) is 71.2 Å². The first kappa shape index (κ1) is 29.7. The van der Waals surface area contributed by atoms with Gasteiger partial charge in [-0.2, -0.15) is 5.26 Å². The number of nitriles is 1. The maximum atomic E-state index is 12.9. The highest BCUT2D eigenvalue weighted by Crippen LogP contribution is 2.31. The SMILES string of the molecule is CC.COc1cc(-c2cncc(C#N)c2)ccc1C(C)NC(=O)Nc1ccc2c(n1)CN(C1CCC(=O)NC1=O)C2=O. The van der Waals surface area contributed by atoms with Crippen LogP contribution in [-0.4, -0.2) is 51.8 Å². The van der Waals surface area contributed by atoms with E-state index in [1.807, 2.05) is 39.0 Å². The van der Waals surface area contributed by atoms with E-state index in [1.54, 1.807) is 18.3 Å². The lowest BCUT2D eigenvalue weighted by atomic mass is 10.0. The minimum Gasteiger partial charge on any atom is -0.496 e. The standard InChI is InChI=1S/C28H25N7O5.C2H6/c1-15(19-4-3-17(10-23(19)40-2)18-9-16(11-29)12-30-13-18)31-28(39)33-24-7-5-20-21(32-24)14-35(27(20)38)22-6-8-25(36)34-26(22)37;1-2/h3-5,7,9-10,12-13,15,22H,6,8,14H2,1-2H3,(H,34,36,37)(H2,31,32,33,39);1-2H3. The molecule has 1 fully saturated rings. The van der Waals surface area contributed by atoms with Crippen molar-refractivity contribution >= 4 is 29.6 Å². The highest BCUT2D eigenvalue weighted by Gasteiger charge is 2.39. The summed E-state index contributed by atoms with van der Waals surface area (Å²) in [7, 11) is 1.53. The van der Waals surface area contributed by atoms with Crippen molar-refractivity contribution in [1.29, 1.82) is 5.26 Å². The Morgan fingerprint density at radius 1 is 1.14 bits per heavy atom. The molecular formula is C30H31N7O5. The van der Waals surface area contributed by atoms with Gasteiger partial charge in [-0.3, -0.25) is 30.0 Å². The third-order valence-electron chi connectivity index (χ3n) is 6.86. The summed E-state index contributed by atoms with van der Waals surface area (Å²) in [5, 5.41) is 17.0. The van der Waals surface area contributed by atoms with Crippen molar-refractivity contribution in [2.24, 2.45) is 0 Å². The molecule has 1 saturated heterocycles. The molecule has 5 rings (SSSR count). The van der Waals surface area contributed by atoms with E-state index >= 15 is 0 Å². The fourth-order valence-electron chi connectivity index (χ4n) is 4.84. The molecule has 42 heavy (non-hydrogen) atoms. The smallest absolute Gasteiger partial charge is 0.320 e. The number of carbonyl (C=O) groups excluding carboxylic acids is 4. The summed E-state index contributed by atoms with van der Waals surface area (Å²) in [6.45, 7) is 5.91. The topological polar surface area (TPSA) is 166 Å². The predicted molar refractivity (Wildman–Crippen MR) is 153 cm³/mol. The van der Waals surface area contributed by atoms with Gasteiger partial charge in [0.15, 0.2) is 0 Å². The fraction of sp³-hybridized carbons (Fsp3) is 0.300. The Bertz CT molecular complexity index is 1580. The number of benzene rings is 1. The van der Waals surface area contributed by atoms with Crippen LogP contribution in [0.2, 0.25) is 0 Å². The Hall–Kier alpha value is -5.31. The van der Waals surface area contributed by atoms with Crippen LogP contribution < -0.4 is 20.7 Å². The molecule has 2 unspecified atom stereocenters. The van der Waals surface area contributed by atoms with Gasteiger partial charge in [-0.25, -0.2) is 9.78 Å². The van der Waals surface area contributed by atoms with E-state index in [2.05, 4.69) is 32.0 Å². The molecule has 2 aliphatic rings. The molecule has 2 aliphatic heterocycles. The number of nitrogens with zero attached hydrogens (tertiary/aromatic N) is 4. The Labute approximate surface area is 243 Å². The number of pyridine rings is 2. The number of nitrogens with one attached hydrogen (secondary N) is 3. The molecular weight excluding hydrogens is 538 g/mol. The van der Waals surface area contributed by atoms with Crippen LogP contribution in [-0.2, 0) is 16.1 Å². The highest BCUT2D eigenvalue weighted by molar-refractivity contribution is 6.05. The van der Waals surface area contributed by atoms with Crippen molar-refractivity contribution < 1.29 is 23.9 Å². The van der Waals surface area contributed by atoms with Crippen molar-refractivity contribution in [2.45, 2.75) is 52.2 Å². The number of urea groups is 1. The predicted octanol–water partition coefficient (Wildman–Crippen LogP) is 3.69. The Kier molecular flexibility index (Phi) is 9.12. The van der Waals surface area contributed by atoms with Gasteiger partial charge < -0.3 is 15.0 Å². The normalized spacial score (nSPS) is 16.3. The van der Waals surface area contributed by atoms with Gasteiger partial charge in [0, 0.05) is 29.9 Å². The zero-order chi connectivity index (χ0) is 30.4. The monoisotopic (exact) mass is 569 g/mol. The van der Waals surface area contributed by atoms with E-state index in [9.17, 15) is 19.2 Å². The van der Waals surface area contributed by atoms with Gasteiger partial charge in [0.25, 0.3) is 5.91 Å². The molecule has 12 heteroatoms. The highest BCUT2D eigenvalue weighted by atomic mass is 16.5. The maximum Gasteiger partial charge on any atom is 0.320 e. The van der Waals surface area contributed by atoms with Gasteiger partial charge in [-0.1, -0.05) is 26.0 Å². The summed E-state index contributed by atoms with van der Waals surface area (Å²) in [6, 6.07) is 10.7. The van der Waals surface area contributed by atoms with E-state index in [-0.39, 0.29) is 37.0 Å². The number of amides is 5. The largest absolute Gasteiger partial charge is 0.496 e. The zero-order valence-corrected chi connectivity index (χ0v) is 23.7. The fourth-order valence-corrected chi connectivity index (χ4v) is 4.84. The Balaban J connectivity index is 0.00000198. The first-order chi connectivity index (χ1) is 20.3. The lowest BCUT2D eigenvalue weighted by molar-refractivity contribution is -0.136. The zero-order valence-electron chi connectivity index (χ0n) is 23.7.